The van der Waals surface area contributed by atoms with Crippen LogP contribution in [0, 0.1) is 13.8 Å². The van der Waals surface area contributed by atoms with Crippen molar-refractivity contribution in [3.05, 3.63) is 89.7 Å². The van der Waals surface area contributed by atoms with Gasteiger partial charge in [0.1, 0.15) is 12.1 Å². The number of aliphatic imine (C=N–C) groups is 1. The lowest BCUT2D eigenvalue weighted by atomic mass is 10.1. The zero-order valence-electron chi connectivity index (χ0n) is 22.4. The van der Waals surface area contributed by atoms with Crippen molar-refractivity contribution in [3.8, 4) is 22.8 Å². The molecule has 8 nitrogen and oxygen atoms in total. The van der Waals surface area contributed by atoms with Crippen molar-refractivity contribution >= 4 is 28.6 Å². The number of alkyl halides is 3. The Balaban J connectivity index is 1.20. The molecule has 1 fully saturated rings. The average Bonchev–Trinajstić information content (AvgIpc) is 3.43. The molecular weight excluding hydrogens is 553 g/mol. The van der Waals surface area contributed by atoms with Crippen LogP contribution in [0.2, 0.25) is 0 Å². The Morgan fingerprint density at radius 1 is 1.05 bits per heavy atom. The van der Waals surface area contributed by atoms with Crippen LogP contribution in [0.5, 0.6) is 5.75 Å². The van der Waals surface area contributed by atoms with Gasteiger partial charge < -0.3 is 15.0 Å². The summed E-state index contributed by atoms with van der Waals surface area (Å²) in [6.45, 7) is 5.25. The Labute approximate surface area is 239 Å². The SMILES string of the molecule is Cc1cccc(C)c1N1CCCS/C1=N\C(=O)NCc1ccc(-c2ncn(-c3ccc(OC(F)(F)F)cc3)n2)cc1. The summed E-state index contributed by atoms with van der Waals surface area (Å²) in [5, 5.41) is 7.98. The van der Waals surface area contributed by atoms with Crippen molar-refractivity contribution < 1.29 is 22.7 Å². The lowest BCUT2D eigenvalue weighted by molar-refractivity contribution is -0.274. The second kappa shape index (κ2) is 12.0. The summed E-state index contributed by atoms with van der Waals surface area (Å²) in [5.41, 5.74) is 5.56. The van der Waals surface area contributed by atoms with Crippen LogP contribution in [0.3, 0.4) is 0 Å². The van der Waals surface area contributed by atoms with E-state index >= 15 is 0 Å². The number of urea groups is 1. The number of aromatic nitrogens is 3. The van der Waals surface area contributed by atoms with Gasteiger partial charge in [0.25, 0.3) is 0 Å². The molecule has 1 aliphatic heterocycles. The predicted octanol–water partition coefficient (Wildman–Crippen LogP) is 6.66. The molecule has 0 radical (unpaired) electrons. The Morgan fingerprint density at radius 2 is 1.76 bits per heavy atom. The Morgan fingerprint density at radius 3 is 2.44 bits per heavy atom. The quantitative estimate of drug-likeness (QED) is 0.275. The van der Waals surface area contributed by atoms with Crippen molar-refractivity contribution in [1.29, 1.82) is 0 Å². The fourth-order valence-corrected chi connectivity index (χ4v) is 5.43. The van der Waals surface area contributed by atoms with E-state index in [9.17, 15) is 18.0 Å². The molecule has 0 atom stereocenters. The molecule has 0 aliphatic carbocycles. The molecule has 1 aliphatic rings. The average molecular weight is 581 g/mol. The molecule has 1 aromatic heterocycles. The number of benzene rings is 3. The van der Waals surface area contributed by atoms with E-state index in [2.05, 4.69) is 56.0 Å². The van der Waals surface area contributed by atoms with Gasteiger partial charge in [-0.2, -0.15) is 4.99 Å². The van der Waals surface area contributed by atoms with Crippen LogP contribution >= 0.6 is 11.8 Å². The number of amidine groups is 1. The number of para-hydroxylation sites is 1. The van der Waals surface area contributed by atoms with Crippen molar-refractivity contribution in [2.45, 2.75) is 33.2 Å². The normalized spacial score (nSPS) is 14.8. The molecule has 12 heteroatoms. The number of halogens is 3. The lowest BCUT2D eigenvalue weighted by Crippen LogP contribution is -2.36. The molecule has 4 aromatic rings. The minimum Gasteiger partial charge on any atom is -0.406 e. The molecule has 0 unspecified atom stereocenters. The van der Waals surface area contributed by atoms with E-state index in [0.29, 0.717) is 23.2 Å². The molecular formula is C29H27F3N6O2S. The molecule has 41 heavy (non-hydrogen) atoms. The van der Waals surface area contributed by atoms with Gasteiger partial charge in [0.2, 0.25) is 0 Å². The summed E-state index contributed by atoms with van der Waals surface area (Å²) < 4.78 is 42.5. The number of hydrogen-bond acceptors (Lipinski definition) is 5. The first-order chi connectivity index (χ1) is 19.7. The topological polar surface area (TPSA) is 84.6 Å². The Kier molecular flexibility index (Phi) is 8.29. The van der Waals surface area contributed by atoms with E-state index in [0.717, 1.165) is 46.7 Å². The van der Waals surface area contributed by atoms with Gasteiger partial charge in [0.15, 0.2) is 11.0 Å². The van der Waals surface area contributed by atoms with Crippen LogP contribution < -0.4 is 15.0 Å². The number of nitrogens with one attached hydrogen (secondary N) is 1. The molecule has 1 saturated heterocycles. The number of hydrogen-bond donors (Lipinski definition) is 1. The summed E-state index contributed by atoms with van der Waals surface area (Å²) in [4.78, 5) is 23.5. The molecule has 0 saturated carbocycles. The summed E-state index contributed by atoms with van der Waals surface area (Å²) in [5.74, 6) is 1.05. The van der Waals surface area contributed by atoms with Crippen LogP contribution in [0.15, 0.2) is 78.0 Å². The highest BCUT2D eigenvalue weighted by molar-refractivity contribution is 8.14. The van der Waals surface area contributed by atoms with E-state index in [1.54, 1.807) is 11.8 Å². The fourth-order valence-electron chi connectivity index (χ4n) is 4.49. The number of ether oxygens (including phenoxy) is 1. The number of aryl methyl sites for hydroxylation is 2. The zero-order chi connectivity index (χ0) is 29.0. The fraction of sp³-hybridized carbons (Fsp3) is 0.241. The first-order valence-electron chi connectivity index (χ1n) is 12.9. The smallest absolute Gasteiger partial charge is 0.406 e. The minimum atomic E-state index is -4.75. The first-order valence-corrected chi connectivity index (χ1v) is 13.8. The number of anilines is 1. The summed E-state index contributed by atoms with van der Waals surface area (Å²) in [7, 11) is 0. The number of rotatable bonds is 6. The van der Waals surface area contributed by atoms with Gasteiger partial charge in [0.05, 0.1) is 5.69 Å². The van der Waals surface area contributed by atoms with Gasteiger partial charge >= 0.3 is 12.4 Å². The molecule has 0 bridgehead atoms. The highest BCUT2D eigenvalue weighted by atomic mass is 32.2. The van der Waals surface area contributed by atoms with Crippen LogP contribution in [0.25, 0.3) is 17.1 Å². The minimum absolute atomic E-state index is 0.304. The van der Waals surface area contributed by atoms with Crippen LogP contribution in [0.4, 0.5) is 23.7 Å². The van der Waals surface area contributed by atoms with Crippen LogP contribution in [-0.4, -0.2) is 44.6 Å². The van der Waals surface area contributed by atoms with Gasteiger partial charge in [0, 0.05) is 30.1 Å². The lowest BCUT2D eigenvalue weighted by Gasteiger charge is -2.31. The summed E-state index contributed by atoms with van der Waals surface area (Å²) in [6.07, 6.45) is -2.25. The number of carbonyl (C=O) groups excluding carboxylic acids is 1. The second-order valence-corrected chi connectivity index (χ2v) is 10.5. The molecule has 2 heterocycles. The Hall–Kier alpha value is -4.32. The third kappa shape index (κ3) is 7.07. The van der Waals surface area contributed by atoms with Crippen molar-refractivity contribution in [2.24, 2.45) is 4.99 Å². The van der Waals surface area contributed by atoms with Crippen LogP contribution in [0.1, 0.15) is 23.1 Å². The number of amides is 2. The summed E-state index contributed by atoms with van der Waals surface area (Å²) >= 11 is 1.58. The standard InChI is InChI=1S/C29H27F3N6O2S/c1-19-5-3-6-20(2)25(19)37-15-4-16-41-28(37)35-27(39)33-17-21-7-9-22(10-8-21)26-34-18-38(36-26)23-11-13-24(14-12-23)40-29(30,31)32/h3,5-14,18H,4,15-17H2,1-2H3,(H,33,39)/b35-28-. The van der Waals surface area contributed by atoms with E-state index in [4.69, 9.17) is 0 Å². The molecule has 0 spiro atoms. The zero-order valence-corrected chi connectivity index (χ0v) is 23.2. The molecule has 5 rings (SSSR count). The van der Waals surface area contributed by atoms with Gasteiger partial charge in [-0.05, 0) is 61.2 Å². The van der Waals surface area contributed by atoms with Crippen molar-refractivity contribution in [1.82, 2.24) is 20.1 Å². The molecule has 3 aromatic carbocycles. The molecule has 2 amide bonds. The van der Waals surface area contributed by atoms with E-state index in [1.807, 2.05) is 30.3 Å². The second-order valence-electron chi connectivity index (χ2n) is 9.40. The predicted molar refractivity (Wildman–Crippen MR) is 153 cm³/mol. The number of nitrogens with zero attached hydrogens (tertiary/aromatic N) is 5. The third-order valence-corrected chi connectivity index (χ3v) is 7.44. The molecule has 1 N–H and O–H groups in total. The summed E-state index contributed by atoms with van der Waals surface area (Å²) in [6, 6.07) is 18.5. The van der Waals surface area contributed by atoms with E-state index in [-0.39, 0.29) is 5.75 Å². The van der Waals surface area contributed by atoms with Gasteiger partial charge in [-0.15, -0.1) is 18.3 Å². The van der Waals surface area contributed by atoms with Crippen molar-refractivity contribution in [2.75, 3.05) is 17.2 Å². The third-order valence-electron chi connectivity index (χ3n) is 6.38. The van der Waals surface area contributed by atoms with Gasteiger partial charge in [-0.25, -0.2) is 14.5 Å². The molecule has 212 valence electrons. The maximum absolute atomic E-state index is 12.7. The van der Waals surface area contributed by atoms with E-state index < -0.39 is 12.4 Å². The van der Waals surface area contributed by atoms with Crippen molar-refractivity contribution in [3.63, 3.8) is 0 Å². The largest absolute Gasteiger partial charge is 0.573 e. The van der Waals surface area contributed by atoms with Crippen LogP contribution in [-0.2, 0) is 6.54 Å². The monoisotopic (exact) mass is 580 g/mol. The Bertz CT molecular complexity index is 1530. The first kappa shape index (κ1) is 28.2. The maximum atomic E-state index is 12.7. The highest BCUT2D eigenvalue weighted by Crippen LogP contribution is 2.31. The van der Waals surface area contributed by atoms with Gasteiger partial charge in [-0.1, -0.05) is 54.2 Å². The number of thioether (sulfide) groups is 1. The number of carbonyl (C=O) groups is 1. The van der Waals surface area contributed by atoms with E-state index in [1.165, 1.54) is 35.3 Å². The highest BCUT2D eigenvalue weighted by Gasteiger charge is 2.31. The maximum Gasteiger partial charge on any atom is 0.573 e. The van der Waals surface area contributed by atoms with Gasteiger partial charge in [-0.3, -0.25) is 0 Å².